The van der Waals surface area contributed by atoms with Crippen LogP contribution in [0.2, 0.25) is 0 Å². The van der Waals surface area contributed by atoms with Crippen molar-refractivity contribution in [3.05, 3.63) is 52.2 Å². The van der Waals surface area contributed by atoms with E-state index in [4.69, 9.17) is 0 Å². The van der Waals surface area contributed by atoms with Crippen molar-refractivity contribution in [3.63, 3.8) is 0 Å². The Bertz CT molecular complexity index is 937. The van der Waals surface area contributed by atoms with Gasteiger partial charge in [-0.3, -0.25) is 4.79 Å². The Labute approximate surface area is 161 Å². The maximum Gasteiger partial charge on any atom is 0.267 e. The van der Waals surface area contributed by atoms with Gasteiger partial charge in [0.2, 0.25) is 0 Å². The summed E-state index contributed by atoms with van der Waals surface area (Å²) in [5.41, 5.74) is 1.47. The second-order valence-corrected chi connectivity index (χ2v) is 9.06. The molecule has 0 saturated carbocycles. The normalized spacial score (nSPS) is 11.6. The van der Waals surface area contributed by atoms with E-state index in [0.717, 1.165) is 26.4 Å². The monoisotopic (exact) mass is 386 g/mol. The van der Waals surface area contributed by atoms with Crippen LogP contribution in [0.15, 0.2) is 46.7 Å². The van der Waals surface area contributed by atoms with Gasteiger partial charge < -0.3 is 9.88 Å². The van der Waals surface area contributed by atoms with Crippen molar-refractivity contribution in [1.29, 1.82) is 0 Å². The third-order valence-corrected chi connectivity index (χ3v) is 6.49. The molecule has 0 bridgehead atoms. The van der Waals surface area contributed by atoms with Crippen LogP contribution in [0.1, 0.15) is 41.1 Å². The fourth-order valence-corrected chi connectivity index (χ4v) is 4.22. The van der Waals surface area contributed by atoms with Crippen LogP contribution >= 0.6 is 23.1 Å². The molecule has 5 nitrogen and oxygen atoms in total. The predicted molar refractivity (Wildman–Crippen MR) is 107 cm³/mol. The van der Waals surface area contributed by atoms with Gasteiger partial charge in [-0.25, -0.2) is 9.97 Å². The average molecular weight is 387 g/mol. The highest BCUT2D eigenvalue weighted by Crippen LogP contribution is 2.34. The molecule has 1 aromatic carbocycles. The number of aromatic nitrogens is 3. The van der Waals surface area contributed by atoms with Crippen LogP contribution in [0.25, 0.3) is 0 Å². The van der Waals surface area contributed by atoms with Crippen molar-refractivity contribution < 1.29 is 4.79 Å². The highest BCUT2D eigenvalue weighted by molar-refractivity contribution is 7.99. The van der Waals surface area contributed by atoms with Crippen molar-refractivity contribution in [3.8, 4) is 0 Å². The van der Waals surface area contributed by atoms with Crippen LogP contribution in [-0.2, 0) is 12.5 Å². The first-order valence-electron chi connectivity index (χ1n) is 8.29. The van der Waals surface area contributed by atoms with Crippen molar-refractivity contribution in [1.82, 2.24) is 14.5 Å². The number of nitrogens with zero attached hydrogens (tertiary/aromatic N) is 3. The highest BCUT2D eigenvalue weighted by Gasteiger charge is 2.23. The lowest BCUT2D eigenvalue weighted by molar-refractivity contribution is 0.102. The standard InChI is InChI=1S/C19H22N4OS2/c1-12-15(26-17(21-12)19(2,3)4)16(24)22-13-8-6-7-9-14(13)25-18-20-10-11-23(18)5/h6-11H,1-5H3,(H,22,24). The van der Waals surface area contributed by atoms with Gasteiger partial charge in [-0.15, -0.1) is 11.3 Å². The van der Waals surface area contributed by atoms with Crippen molar-refractivity contribution in [2.45, 2.75) is 43.2 Å². The minimum absolute atomic E-state index is 0.0695. The zero-order valence-corrected chi connectivity index (χ0v) is 17.2. The van der Waals surface area contributed by atoms with E-state index in [9.17, 15) is 4.79 Å². The Morgan fingerprint density at radius 2 is 2.00 bits per heavy atom. The number of benzene rings is 1. The molecule has 0 fully saturated rings. The number of imidazole rings is 1. The molecule has 0 radical (unpaired) electrons. The number of amides is 1. The number of carbonyl (C=O) groups excluding carboxylic acids is 1. The highest BCUT2D eigenvalue weighted by atomic mass is 32.2. The summed E-state index contributed by atoms with van der Waals surface area (Å²) in [7, 11) is 1.95. The number of para-hydroxylation sites is 1. The quantitative estimate of drug-likeness (QED) is 0.694. The number of rotatable bonds is 4. The van der Waals surface area contributed by atoms with Gasteiger partial charge in [0.25, 0.3) is 5.91 Å². The lowest BCUT2D eigenvalue weighted by atomic mass is 9.98. The van der Waals surface area contributed by atoms with E-state index >= 15 is 0 Å². The number of aryl methyl sites for hydroxylation is 2. The fraction of sp³-hybridized carbons (Fsp3) is 0.316. The van der Waals surface area contributed by atoms with E-state index < -0.39 is 0 Å². The molecule has 0 aliphatic carbocycles. The Hall–Kier alpha value is -2.12. The minimum Gasteiger partial charge on any atom is -0.329 e. The number of anilines is 1. The smallest absolute Gasteiger partial charge is 0.267 e. The van der Waals surface area contributed by atoms with Crippen LogP contribution in [0.5, 0.6) is 0 Å². The lowest BCUT2D eigenvalue weighted by Crippen LogP contribution is -2.12. The van der Waals surface area contributed by atoms with Gasteiger partial charge in [0, 0.05) is 29.8 Å². The van der Waals surface area contributed by atoms with Gasteiger partial charge in [-0.05, 0) is 30.8 Å². The van der Waals surface area contributed by atoms with Crippen LogP contribution < -0.4 is 5.32 Å². The summed E-state index contributed by atoms with van der Waals surface area (Å²) in [5.74, 6) is -0.122. The summed E-state index contributed by atoms with van der Waals surface area (Å²) < 4.78 is 1.95. The molecule has 3 rings (SSSR count). The molecule has 7 heteroatoms. The summed E-state index contributed by atoms with van der Waals surface area (Å²) in [6, 6.07) is 7.76. The summed E-state index contributed by atoms with van der Waals surface area (Å²) in [6.45, 7) is 8.19. The maximum absolute atomic E-state index is 12.8. The van der Waals surface area contributed by atoms with Gasteiger partial charge in [0.1, 0.15) is 4.88 Å². The van der Waals surface area contributed by atoms with E-state index in [1.54, 1.807) is 6.20 Å². The molecule has 1 N–H and O–H groups in total. The Morgan fingerprint density at radius 1 is 1.27 bits per heavy atom. The van der Waals surface area contributed by atoms with Gasteiger partial charge in [0.05, 0.1) is 16.4 Å². The third kappa shape index (κ3) is 3.99. The molecular formula is C19H22N4OS2. The van der Waals surface area contributed by atoms with Crippen molar-refractivity contribution in [2.75, 3.05) is 5.32 Å². The van der Waals surface area contributed by atoms with E-state index in [0.29, 0.717) is 4.88 Å². The van der Waals surface area contributed by atoms with E-state index in [2.05, 4.69) is 36.1 Å². The topological polar surface area (TPSA) is 59.8 Å². The molecule has 0 unspecified atom stereocenters. The zero-order chi connectivity index (χ0) is 18.9. The Kier molecular flexibility index (Phi) is 5.20. The van der Waals surface area contributed by atoms with E-state index in [-0.39, 0.29) is 11.3 Å². The fourth-order valence-electron chi connectivity index (χ4n) is 2.31. The van der Waals surface area contributed by atoms with E-state index in [1.165, 1.54) is 23.1 Å². The molecule has 0 aliphatic rings. The first-order chi connectivity index (χ1) is 12.3. The van der Waals surface area contributed by atoms with Gasteiger partial charge >= 0.3 is 0 Å². The first-order valence-corrected chi connectivity index (χ1v) is 9.92. The molecular weight excluding hydrogens is 364 g/mol. The second kappa shape index (κ2) is 7.25. The molecule has 0 aliphatic heterocycles. The molecule has 2 heterocycles. The number of hydrogen-bond donors (Lipinski definition) is 1. The summed E-state index contributed by atoms with van der Waals surface area (Å²) in [6.07, 6.45) is 3.66. The minimum atomic E-state index is -0.122. The Morgan fingerprint density at radius 3 is 2.62 bits per heavy atom. The number of nitrogens with one attached hydrogen (secondary N) is 1. The molecule has 0 atom stereocenters. The molecule has 0 spiro atoms. The number of thiazole rings is 1. The summed E-state index contributed by atoms with van der Waals surface area (Å²) in [5, 5.41) is 4.88. The molecule has 26 heavy (non-hydrogen) atoms. The van der Waals surface area contributed by atoms with Gasteiger partial charge in [0.15, 0.2) is 5.16 Å². The second-order valence-electron chi connectivity index (χ2n) is 7.06. The third-order valence-electron chi connectivity index (χ3n) is 3.76. The summed E-state index contributed by atoms with van der Waals surface area (Å²) in [4.78, 5) is 23.4. The average Bonchev–Trinajstić information content (AvgIpc) is 3.15. The molecule has 3 aromatic rings. The first kappa shape index (κ1) is 18.7. The predicted octanol–water partition coefficient (Wildman–Crippen LogP) is 4.89. The molecule has 0 saturated heterocycles. The molecule has 1 amide bonds. The van der Waals surface area contributed by atoms with Crippen molar-refractivity contribution >= 4 is 34.7 Å². The largest absolute Gasteiger partial charge is 0.329 e. The van der Waals surface area contributed by atoms with Crippen LogP contribution in [-0.4, -0.2) is 20.4 Å². The van der Waals surface area contributed by atoms with Crippen LogP contribution in [0, 0.1) is 6.92 Å². The Balaban J connectivity index is 1.84. The lowest BCUT2D eigenvalue weighted by Gasteiger charge is -2.13. The molecule has 136 valence electrons. The molecule has 2 aromatic heterocycles. The maximum atomic E-state index is 12.8. The van der Waals surface area contributed by atoms with E-state index in [1.807, 2.05) is 49.0 Å². The number of carbonyl (C=O) groups is 1. The summed E-state index contributed by atoms with van der Waals surface area (Å²) >= 11 is 2.98. The van der Waals surface area contributed by atoms with Crippen molar-refractivity contribution in [2.24, 2.45) is 7.05 Å². The van der Waals surface area contributed by atoms with Crippen LogP contribution in [0.4, 0.5) is 5.69 Å². The zero-order valence-electron chi connectivity index (χ0n) is 15.5. The van der Waals surface area contributed by atoms with Crippen LogP contribution in [0.3, 0.4) is 0 Å². The number of hydrogen-bond acceptors (Lipinski definition) is 5. The SMILES string of the molecule is Cc1nc(C(C)(C)C)sc1C(=O)Nc1ccccc1Sc1nccn1C. The van der Waals surface area contributed by atoms with Gasteiger partial charge in [-0.2, -0.15) is 0 Å². The van der Waals surface area contributed by atoms with Gasteiger partial charge in [-0.1, -0.05) is 32.9 Å².